The minimum Gasteiger partial charge on any atom is -0.465 e. The second kappa shape index (κ2) is 11.0. The van der Waals surface area contributed by atoms with E-state index in [1.54, 1.807) is 43.3 Å². The average molecular weight is 504 g/mol. The number of carbonyl (C=O) groups excluding carboxylic acids is 2. The number of carbonyl (C=O) groups is 3. The Balaban J connectivity index is 1.73. The van der Waals surface area contributed by atoms with Crippen LogP contribution in [0.2, 0.25) is 0 Å². The summed E-state index contributed by atoms with van der Waals surface area (Å²) in [5.41, 5.74) is 0.979. The van der Waals surface area contributed by atoms with Gasteiger partial charge in [0.05, 0.1) is 10.6 Å². The van der Waals surface area contributed by atoms with Crippen LogP contribution in [0.3, 0.4) is 0 Å². The van der Waals surface area contributed by atoms with Crippen LogP contribution in [0.15, 0.2) is 53.4 Å². The van der Waals surface area contributed by atoms with E-state index in [0.717, 1.165) is 21.7 Å². The smallest absolute Gasteiger partial charge is 0.405 e. The Bertz CT molecular complexity index is 1160. The van der Waals surface area contributed by atoms with E-state index >= 15 is 0 Å². The van der Waals surface area contributed by atoms with Gasteiger partial charge in [-0.15, -0.1) is 0 Å². The molecule has 35 heavy (non-hydrogen) atoms. The largest absolute Gasteiger partial charge is 0.465 e. The molecule has 1 heterocycles. The molecule has 2 amide bonds. The standard InChI is InChI=1S/C24H29N3O7S/c1-2-35(32,33)21-9-7-19(8-10-21)18-5-3-17(4-6-18)15-20(16-28)27(25)22(29)24(26-23(30)31)11-13-34-14-12-24/h3-10,16,20,26H,2,11-15,25H2,1H3,(H,30,31). The molecule has 0 radical (unpaired) electrons. The highest BCUT2D eigenvalue weighted by atomic mass is 32.2. The van der Waals surface area contributed by atoms with Gasteiger partial charge in [0.15, 0.2) is 9.84 Å². The van der Waals surface area contributed by atoms with E-state index in [1.807, 2.05) is 12.1 Å². The highest BCUT2D eigenvalue weighted by Crippen LogP contribution is 2.25. The SMILES string of the molecule is CCS(=O)(=O)c1ccc(-c2ccc(CC(C=O)N(N)C(=O)C3(NC(=O)O)CCOCC3)cc2)cc1. The Morgan fingerprint density at radius 3 is 2.14 bits per heavy atom. The van der Waals surface area contributed by atoms with Gasteiger partial charge in [0.1, 0.15) is 17.9 Å². The zero-order valence-corrected chi connectivity index (χ0v) is 20.2. The van der Waals surface area contributed by atoms with Crippen LogP contribution in [-0.4, -0.2) is 67.4 Å². The van der Waals surface area contributed by atoms with Gasteiger partial charge in [-0.05, 0) is 28.8 Å². The van der Waals surface area contributed by atoms with E-state index in [4.69, 9.17) is 10.6 Å². The average Bonchev–Trinajstić information content (AvgIpc) is 2.87. The van der Waals surface area contributed by atoms with E-state index in [2.05, 4.69) is 5.32 Å². The maximum atomic E-state index is 13.1. The number of hydrazine groups is 1. The van der Waals surface area contributed by atoms with Gasteiger partial charge >= 0.3 is 6.09 Å². The summed E-state index contributed by atoms with van der Waals surface area (Å²) >= 11 is 0. The highest BCUT2D eigenvalue weighted by molar-refractivity contribution is 7.91. The Morgan fingerprint density at radius 1 is 1.11 bits per heavy atom. The quantitative estimate of drug-likeness (QED) is 0.202. The number of nitrogens with zero attached hydrogens (tertiary/aromatic N) is 1. The number of sulfone groups is 1. The minimum atomic E-state index is -3.28. The van der Waals surface area contributed by atoms with Crippen molar-refractivity contribution < 1.29 is 32.6 Å². The summed E-state index contributed by atoms with van der Waals surface area (Å²) in [6.07, 6.45) is -0.423. The molecule has 2 aromatic carbocycles. The fourth-order valence-corrected chi connectivity index (χ4v) is 4.91. The van der Waals surface area contributed by atoms with Gasteiger partial charge in [0.2, 0.25) is 0 Å². The van der Waals surface area contributed by atoms with Crippen molar-refractivity contribution >= 4 is 28.1 Å². The van der Waals surface area contributed by atoms with Crippen LogP contribution < -0.4 is 11.2 Å². The van der Waals surface area contributed by atoms with E-state index in [-0.39, 0.29) is 43.1 Å². The molecule has 10 nitrogen and oxygen atoms in total. The second-order valence-corrected chi connectivity index (χ2v) is 10.6. The maximum Gasteiger partial charge on any atom is 0.405 e. The van der Waals surface area contributed by atoms with Crippen molar-refractivity contribution in [2.45, 2.75) is 42.7 Å². The van der Waals surface area contributed by atoms with Crippen LogP contribution in [0.25, 0.3) is 11.1 Å². The zero-order chi connectivity index (χ0) is 25.6. The van der Waals surface area contributed by atoms with Gasteiger partial charge in [-0.1, -0.05) is 43.3 Å². The Morgan fingerprint density at radius 2 is 1.66 bits per heavy atom. The van der Waals surface area contributed by atoms with Gasteiger partial charge in [0, 0.05) is 32.5 Å². The lowest BCUT2D eigenvalue weighted by atomic mass is 9.88. The fraction of sp³-hybridized carbons (Fsp3) is 0.375. The topological polar surface area (TPSA) is 156 Å². The van der Waals surface area contributed by atoms with Gasteiger partial charge in [0.25, 0.3) is 5.91 Å². The van der Waals surface area contributed by atoms with E-state index in [0.29, 0.717) is 6.29 Å². The number of nitrogens with two attached hydrogens (primary N) is 1. The summed E-state index contributed by atoms with van der Waals surface area (Å²) in [7, 11) is -3.28. The van der Waals surface area contributed by atoms with Gasteiger partial charge < -0.3 is 20.0 Å². The molecule has 1 saturated heterocycles. The zero-order valence-electron chi connectivity index (χ0n) is 19.3. The molecule has 0 saturated carbocycles. The molecule has 1 atom stereocenters. The van der Waals surface area contributed by atoms with Crippen molar-refractivity contribution in [3.8, 4) is 11.1 Å². The summed E-state index contributed by atoms with van der Waals surface area (Å²) < 4.78 is 29.2. The molecule has 188 valence electrons. The predicted octanol–water partition coefficient (Wildman–Crippen LogP) is 1.78. The first kappa shape index (κ1) is 26.3. The van der Waals surface area contributed by atoms with Crippen LogP contribution in [-0.2, 0) is 30.6 Å². The Hall–Kier alpha value is -3.28. The normalized spacial score (nSPS) is 16.2. The third-order valence-electron chi connectivity index (χ3n) is 6.18. The summed E-state index contributed by atoms with van der Waals surface area (Å²) in [4.78, 5) is 36.5. The predicted molar refractivity (Wildman–Crippen MR) is 128 cm³/mol. The van der Waals surface area contributed by atoms with Gasteiger partial charge in [-0.3, -0.25) is 9.80 Å². The van der Waals surface area contributed by atoms with Crippen molar-refractivity contribution in [3.63, 3.8) is 0 Å². The van der Waals surface area contributed by atoms with Crippen molar-refractivity contribution in [2.24, 2.45) is 5.84 Å². The van der Waals surface area contributed by atoms with E-state index < -0.39 is 33.4 Å². The molecule has 11 heteroatoms. The third-order valence-corrected chi connectivity index (χ3v) is 7.93. The number of nitrogens with one attached hydrogen (secondary N) is 1. The van der Waals surface area contributed by atoms with Gasteiger partial charge in [-0.2, -0.15) is 0 Å². The van der Waals surface area contributed by atoms with Crippen LogP contribution >= 0.6 is 0 Å². The molecule has 1 aliphatic heterocycles. The Kier molecular flexibility index (Phi) is 8.26. The number of aldehydes is 1. The molecular formula is C24H29N3O7S. The molecule has 0 bridgehead atoms. The van der Waals surface area contributed by atoms with Crippen LogP contribution in [0.5, 0.6) is 0 Å². The molecule has 0 spiro atoms. The fourth-order valence-electron chi connectivity index (χ4n) is 4.02. The number of amides is 2. The molecule has 0 aromatic heterocycles. The molecule has 4 N–H and O–H groups in total. The number of hydrogen-bond acceptors (Lipinski definition) is 7. The first-order valence-corrected chi connectivity index (χ1v) is 12.8. The molecular weight excluding hydrogens is 474 g/mol. The van der Waals surface area contributed by atoms with Crippen LogP contribution in [0, 0.1) is 0 Å². The van der Waals surface area contributed by atoms with E-state index in [1.165, 1.54) is 0 Å². The summed E-state index contributed by atoms with van der Waals surface area (Å²) in [5.74, 6) is 5.37. The summed E-state index contributed by atoms with van der Waals surface area (Å²) in [6, 6.07) is 12.8. The lowest BCUT2D eigenvalue weighted by molar-refractivity contribution is -0.146. The summed E-state index contributed by atoms with van der Waals surface area (Å²) in [6.45, 7) is 1.98. The molecule has 0 aliphatic carbocycles. The van der Waals surface area contributed by atoms with Crippen molar-refractivity contribution in [1.29, 1.82) is 0 Å². The van der Waals surface area contributed by atoms with E-state index in [9.17, 15) is 27.9 Å². The Labute approximate surface area is 203 Å². The molecule has 2 aromatic rings. The number of hydrogen-bond donors (Lipinski definition) is 3. The third kappa shape index (κ3) is 6.05. The molecule has 1 unspecified atom stereocenters. The van der Waals surface area contributed by atoms with Crippen LogP contribution in [0.4, 0.5) is 4.79 Å². The molecule has 3 rings (SSSR count). The molecule has 1 fully saturated rings. The second-order valence-electron chi connectivity index (χ2n) is 8.37. The highest BCUT2D eigenvalue weighted by Gasteiger charge is 2.45. The molecule has 1 aliphatic rings. The number of ether oxygens (including phenoxy) is 1. The van der Waals surface area contributed by atoms with Crippen molar-refractivity contribution in [2.75, 3.05) is 19.0 Å². The lowest BCUT2D eigenvalue weighted by Crippen LogP contribution is -2.65. The van der Waals surface area contributed by atoms with Crippen molar-refractivity contribution in [1.82, 2.24) is 10.3 Å². The number of rotatable bonds is 9. The monoisotopic (exact) mass is 503 g/mol. The van der Waals surface area contributed by atoms with Crippen LogP contribution in [0.1, 0.15) is 25.3 Å². The first-order valence-electron chi connectivity index (χ1n) is 11.2. The lowest BCUT2D eigenvalue weighted by Gasteiger charge is -2.39. The number of benzene rings is 2. The maximum absolute atomic E-state index is 13.1. The summed E-state index contributed by atoms with van der Waals surface area (Å²) in [5, 5.41) is 12.3. The van der Waals surface area contributed by atoms with Crippen molar-refractivity contribution in [3.05, 3.63) is 54.1 Å². The first-order chi connectivity index (χ1) is 16.6. The van der Waals surface area contributed by atoms with Gasteiger partial charge in [-0.25, -0.2) is 19.1 Å². The number of carboxylic acid groups (broad SMARTS) is 1. The minimum absolute atomic E-state index is 0.0286.